The number of nitrogens with zero attached hydrogens (tertiary/aromatic N) is 1. The zero-order valence-corrected chi connectivity index (χ0v) is 7.48. The van der Waals surface area contributed by atoms with Crippen LogP contribution >= 0.6 is 0 Å². The van der Waals surface area contributed by atoms with Gasteiger partial charge in [-0.05, 0) is 0 Å². The molecule has 0 aromatic rings. The van der Waals surface area contributed by atoms with E-state index in [0.717, 1.165) is 4.90 Å². The third kappa shape index (κ3) is 1.74. The van der Waals surface area contributed by atoms with Crippen LogP contribution in [-0.4, -0.2) is 42.1 Å². The van der Waals surface area contributed by atoms with Crippen molar-refractivity contribution < 1.29 is 14.4 Å². The Labute approximate surface area is 79.6 Å². The summed E-state index contributed by atoms with van der Waals surface area (Å²) in [5.41, 5.74) is 10.3. The Balaban J connectivity index is 2.75. The molecule has 1 rings (SSSR count). The highest BCUT2D eigenvalue weighted by atomic mass is 16.2. The van der Waals surface area contributed by atoms with E-state index in [1.165, 1.54) is 7.05 Å². The average molecular weight is 201 g/mol. The minimum Gasteiger partial charge on any atom is -0.352 e. The third-order valence-electron chi connectivity index (χ3n) is 1.86. The van der Waals surface area contributed by atoms with Crippen molar-refractivity contribution in [3.05, 3.63) is 0 Å². The van der Waals surface area contributed by atoms with Crippen molar-refractivity contribution in [3.63, 3.8) is 0 Å². The van der Waals surface area contributed by atoms with Crippen LogP contribution in [0.2, 0.25) is 0 Å². The normalized spacial score (nSPS) is 27.1. The summed E-state index contributed by atoms with van der Waals surface area (Å²) in [7, 11) is 1.29. The molecule has 1 heterocycles. The van der Waals surface area contributed by atoms with Gasteiger partial charge in [-0.2, -0.15) is 0 Å². The van der Waals surface area contributed by atoms with Crippen LogP contribution in [-0.2, 0) is 4.79 Å². The van der Waals surface area contributed by atoms with E-state index in [0.29, 0.717) is 0 Å². The summed E-state index contributed by atoms with van der Waals surface area (Å²) in [5, 5.41) is 4.45. The molecule has 1 aliphatic heterocycles. The first-order valence-electron chi connectivity index (χ1n) is 3.83. The first kappa shape index (κ1) is 10.3. The molecule has 1 fully saturated rings. The van der Waals surface area contributed by atoms with Crippen LogP contribution in [0.15, 0.2) is 0 Å². The largest absolute Gasteiger partial charge is 0.352 e. The standard InChI is InChI=1S/C6H11N5O3/c1-11-4(12)2(7)3(9-5(8)13)10-6(11)14/h2-3H,7H2,1H3,(H,10,14)(H3,8,9,13)/t2-,3-/m1/s1. The van der Waals surface area contributed by atoms with Gasteiger partial charge in [0.25, 0.3) is 5.91 Å². The van der Waals surface area contributed by atoms with Crippen molar-refractivity contribution >= 4 is 18.0 Å². The van der Waals surface area contributed by atoms with Crippen molar-refractivity contribution in [2.75, 3.05) is 7.05 Å². The van der Waals surface area contributed by atoms with Gasteiger partial charge < -0.3 is 22.1 Å². The number of urea groups is 2. The Bertz CT molecular complexity index is 291. The van der Waals surface area contributed by atoms with E-state index in [1.54, 1.807) is 0 Å². The number of likely N-dealkylation sites (N-methyl/N-ethyl adjacent to an activating group) is 1. The smallest absolute Gasteiger partial charge is 0.325 e. The molecule has 14 heavy (non-hydrogen) atoms. The molecule has 0 spiro atoms. The molecule has 0 unspecified atom stereocenters. The van der Waals surface area contributed by atoms with E-state index < -0.39 is 30.2 Å². The van der Waals surface area contributed by atoms with Gasteiger partial charge in [0.15, 0.2) is 0 Å². The number of nitrogens with one attached hydrogen (secondary N) is 2. The molecule has 0 aliphatic carbocycles. The van der Waals surface area contributed by atoms with Crippen molar-refractivity contribution in [2.45, 2.75) is 12.2 Å². The molecular formula is C6H11N5O3. The van der Waals surface area contributed by atoms with E-state index in [9.17, 15) is 14.4 Å². The number of primary amides is 1. The van der Waals surface area contributed by atoms with Crippen LogP contribution < -0.4 is 22.1 Å². The molecule has 8 heteroatoms. The van der Waals surface area contributed by atoms with Crippen LogP contribution in [0.25, 0.3) is 0 Å². The minimum absolute atomic E-state index is 0.576. The average Bonchev–Trinajstić information content (AvgIpc) is 2.10. The molecule has 8 nitrogen and oxygen atoms in total. The molecule has 78 valence electrons. The first-order chi connectivity index (χ1) is 6.43. The molecule has 1 saturated heterocycles. The number of hydrogen-bond donors (Lipinski definition) is 4. The summed E-state index contributed by atoms with van der Waals surface area (Å²) >= 11 is 0. The zero-order valence-electron chi connectivity index (χ0n) is 7.48. The highest BCUT2D eigenvalue weighted by Crippen LogP contribution is 2.02. The Morgan fingerprint density at radius 3 is 2.64 bits per heavy atom. The van der Waals surface area contributed by atoms with Crippen LogP contribution in [0, 0.1) is 0 Å². The molecular weight excluding hydrogens is 190 g/mol. The highest BCUT2D eigenvalue weighted by Gasteiger charge is 2.37. The van der Waals surface area contributed by atoms with Crippen molar-refractivity contribution in [1.82, 2.24) is 15.5 Å². The van der Waals surface area contributed by atoms with Gasteiger partial charge in [-0.3, -0.25) is 9.69 Å². The van der Waals surface area contributed by atoms with E-state index >= 15 is 0 Å². The third-order valence-corrected chi connectivity index (χ3v) is 1.86. The lowest BCUT2D eigenvalue weighted by Gasteiger charge is -2.33. The Hall–Kier alpha value is -1.83. The number of imide groups is 1. The van der Waals surface area contributed by atoms with Crippen LogP contribution in [0.3, 0.4) is 0 Å². The molecule has 2 atom stereocenters. The van der Waals surface area contributed by atoms with Crippen LogP contribution in [0.5, 0.6) is 0 Å². The SMILES string of the molecule is CN1C(=O)N[C@@H](NC(N)=O)[C@@H](N)C1=O. The fourth-order valence-electron chi connectivity index (χ4n) is 1.07. The van der Waals surface area contributed by atoms with Crippen molar-refractivity contribution in [2.24, 2.45) is 11.5 Å². The van der Waals surface area contributed by atoms with E-state index in [4.69, 9.17) is 11.5 Å². The predicted molar refractivity (Wildman–Crippen MR) is 45.8 cm³/mol. The van der Waals surface area contributed by atoms with E-state index in [2.05, 4.69) is 10.6 Å². The van der Waals surface area contributed by atoms with Gasteiger partial charge in [0, 0.05) is 7.05 Å². The molecule has 0 aromatic carbocycles. The van der Waals surface area contributed by atoms with Crippen LogP contribution in [0.1, 0.15) is 0 Å². The Kier molecular flexibility index (Phi) is 2.56. The minimum atomic E-state index is -1.02. The first-order valence-corrected chi connectivity index (χ1v) is 3.83. The monoisotopic (exact) mass is 201 g/mol. The Morgan fingerprint density at radius 2 is 2.14 bits per heavy atom. The summed E-state index contributed by atoms with van der Waals surface area (Å²) in [4.78, 5) is 33.7. The summed E-state index contributed by atoms with van der Waals surface area (Å²) in [6, 6.07) is -2.51. The molecule has 6 N–H and O–H groups in total. The summed E-state index contributed by atoms with van der Waals surface area (Å²) in [6.45, 7) is 0. The van der Waals surface area contributed by atoms with Gasteiger partial charge in [0.2, 0.25) is 0 Å². The molecule has 5 amide bonds. The summed E-state index contributed by atoms with van der Waals surface area (Å²) in [5.74, 6) is -0.576. The van der Waals surface area contributed by atoms with Crippen molar-refractivity contribution in [3.8, 4) is 0 Å². The quantitative estimate of drug-likeness (QED) is 0.373. The lowest BCUT2D eigenvalue weighted by Crippen LogP contribution is -2.70. The fourth-order valence-corrected chi connectivity index (χ4v) is 1.07. The van der Waals surface area contributed by atoms with Gasteiger partial charge in [0.05, 0.1) is 0 Å². The second kappa shape index (κ2) is 3.50. The number of amides is 5. The van der Waals surface area contributed by atoms with Crippen molar-refractivity contribution in [1.29, 1.82) is 0 Å². The predicted octanol–water partition coefficient (Wildman–Crippen LogP) is -2.51. The van der Waals surface area contributed by atoms with Crippen LogP contribution in [0.4, 0.5) is 9.59 Å². The maximum Gasteiger partial charge on any atom is 0.325 e. The molecule has 1 aliphatic rings. The van der Waals surface area contributed by atoms with Gasteiger partial charge in [-0.15, -0.1) is 0 Å². The maximum absolute atomic E-state index is 11.3. The number of hydrogen-bond acceptors (Lipinski definition) is 4. The number of carbonyl (C=O) groups is 3. The lowest BCUT2D eigenvalue weighted by atomic mass is 10.2. The molecule has 0 aromatic heterocycles. The van der Waals surface area contributed by atoms with E-state index in [1.807, 2.05) is 0 Å². The molecule has 0 saturated carbocycles. The topological polar surface area (TPSA) is 131 Å². The van der Waals surface area contributed by atoms with Gasteiger partial charge in [0.1, 0.15) is 12.2 Å². The second-order valence-electron chi connectivity index (χ2n) is 2.86. The fraction of sp³-hybridized carbons (Fsp3) is 0.500. The number of nitrogens with two attached hydrogens (primary N) is 2. The van der Waals surface area contributed by atoms with Gasteiger partial charge >= 0.3 is 12.1 Å². The summed E-state index contributed by atoms with van der Waals surface area (Å²) in [6.07, 6.45) is -0.955. The zero-order chi connectivity index (χ0) is 10.9. The second-order valence-corrected chi connectivity index (χ2v) is 2.86. The Morgan fingerprint density at radius 1 is 1.57 bits per heavy atom. The maximum atomic E-state index is 11.3. The summed E-state index contributed by atoms with van der Waals surface area (Å²) < 4.78 is 0. The number of rotatable bonds is 1. The van der Waals surface area contributed by atoms with Gasteiger partial charge in [-0.25, -0.2) is 9.59 Å². The van der Waals surface area contributed by atoms with E-state index in [-0.39, 0.29) is 0 Å². The number of carbonyl (C=O) groups excluding carboxylic acids is 3. The van der Waals surface area contributed by atoms with Gasteiger partial charge in [-0.1, -0.05) is 0 Å². The molecule has 0 radical (unpaired) electrons. The highest BCUT2D eigenvalue weighted by molar-refractivity contribution is 6.00. The lowest BCUT2D eigenvalue weighted by molar-refractivity contribution is -0.130. The molecule has 0 bridgehead atoms.